The zero-order valence-corrected chi connectivity index (χ0v) is 19.2. The van der Waals surface area contributed by atoms with Gasteiger partial charge in [0.2, 0.25) is 0 Å². The third-order valence-corrected chi connectivity index (χ3v) is 5.18. The van der Waals surface area contributed by atoms with Gasteiger partial charge in [-0.1, -0.05) is 6.07 Å². The molecular formula is C25H29NO7. The Balaban J connectivity index is 2.11. The number of rotatable bonds is 9. The van der Waals surface area contributed by atoms with Crippen LogP contribution in [0.15, 0.2) is 48.0 Å². The van der Waals surface area contributed by atoms with E-state index in [-0.39, 0.29) is 42.1 Å². The fourth-order valence-electron chi connectivity index (χ4n) is 3.74. The lowest BCUT2D eigenvalue weighted by Crippen LogP contribution is -2.32. The van der Waals surface area contributed by atoms with Gasteiger partial charge < -0.3 is 29.3 Å². The number of amides is 1. The molecule has 1 atom stereocenters. The molecule has 33 heavy (non-hydrogen) atoms. The van der Waals surface area contributed by atoms with Crippen LogP contribution in [0.25, 0.3) is 5.76 Å². The maximum Gasteiger partial charge on any atom is 0.295 e. The number of carbonyl (C=O) groups excluding carboxylic acids is 2. The highest BCUT2D eigenvalue weighted by Crippen LogP contribution is 2.41. The van der Waals surface area contributed by atoms with Crippen LogP contribution in [0, 0.1) is 0 Å². The fourth-order valence-corrected chi connectivity index (χ4v) is 3.74. The molecule has 0 bridgehead atoms. The highest BCUT2D eigenvalue weighted by atomic mass is 16.5. The van der Waals surface area contributed by atoms with Crippen molar-refractivity contribution in [3.05, 3.63) is 59.2 Å². The van der Waals surface area contributed by atoms with Crippen molar-refractivity contribution in [3.63, 3.8) is 0 Å². The standard InChI is InChI=1S/C25H29NO7/c1-5-32-20-14-17(8-11-19(20)27)22-21(24(29)25(30)26(22)12-13-31-4)23(28)16-6-9-18(10-7-16)33-15(2)3/h6-11,14-15,22,27-28H,5,12-13H2,1-4H3/t22-/m1/s1. The van der Waals surface area contributed by atoms with Gasteiger partial charge in [-0.2, -0.15) is 0 Å². The van der Waals surface area contributed by atoms with E-state index in [2.05, 4.69) is 0 Å². The van der Waals surface area contributed by atoms with Crippen LogP contribution in [0.2, 0.25) is 0 Å². The van der Waals surface area contributed by atoms with Crippen LogP contribution in [-0.2, 0) is 14.3 Å². The van der Waals surface area contributed by atoms with Crippen molar-refractivity contribution < 1.29 is 34.0 Å². The minimum Gasteiger partial charge on any atom is -0.507 e. The number of hydrogen-bond acceptors (Lipinski definition) is 7. The average molecular weight is 456 g/mol. The van der Waals surface area contributed by atoms with Gasteiger partial charge in [0, 0.05) is 19.2 Å². The number of nitrogens with zero attached hydrogens (tertiary/aromatic N) is 1. The van der Waals surface area contributed by atoms with Gasteiger partial charge in [-0.3, -0.25) is 9.59 Å². The molecule has 0 spiro atoms. The first-order valence-corrected chi connectivity index (χ1v) is 10.8. The Hall–Kier alpha value is -3.52. The van der Waals surface area contributed by atoms with Gasteiger partial charge in [0.25, 0.3) is 11.7 Å². The molecule has 1 aliphatic rings. The van der Waals surface area contributed by atoms with E-state index in [1.807, 2.05) is 13.8 Å². The summed E-state index contributed by atoms with van der Waals surface area (Å²) in [5, 5.41) is 21.2. The van der Waals surface area contributed by atoms with Crippen molar-refractivity contribution in [1.29, 1.82) is 0 Å². The number of aliphatic hydroxyl groups excluding tert-OH is 1. The summed E-state index contributed by atoms with van der Waals surface area (Å²) in [6, 6.07) is 10.4. The summed E-state index contributed by atoms with van der Waals surface area (Å²) >= 11 is 0. The monoisotopic (exact) mass is 455 g/mol. The van der Waals surface area contributed by atoms with Crippen molar-refractivity contribution in [2.75, 3.05) is 26.9 Å². The van der Waals surface area contributed by atoms with Crippen molar-refractivity contribution in [1.82, 2.24) is 4.90 Å². The number of carbonyl (C=O) groups is 2. The van der Waals surface area contributed by atoms with E-state index in [0.717, 1.165) is 0 Å². The highest BCUT2D eigenvalue weighted by Gasteiger charge is 2.46. The molecule has 1 aliphatic heterocycles. The van der Waals surface area contributed by atoms with Crippen molar-refractivity contribution >= 4 is 17.4 Å². The van der Waals surface area contributed by atoms with Crippen LogP contribution in [0.5, 0.6) is 17.2 Å². The number of likely N-dealkylation sites (tertiary alicyclic amines) is 1. The Morgan fingerprint density at radius 3 is 2.42 bits per heavy atom. The number of methoxy groups -OCH3 is 1. The Morgan fingerprint density at radius 2 is 1.82 bits per heavy atom. The summed E-state index contributed by atoms with van der Waals surface area (Å²) in [4.78, 5) is 27.2. The maximum absolute atomic E-state index is 13.0. The van der Waals surface area contributed by atoms with Crippen LogP contribution in [-0.4, -0.2) is 59.8 Å². The number of Topliss-reactive ketones (excluding diaryl/α,β-unsaturated/α-hetero) is 1. The number of ketones is 1. The molecule has 8 heteroatoms. The second kappa shape index (κ2) is 10.4. The summed E-state index contributed by atoms with van der Waals surface area (Å²) in [6.45, 7) is 6.28. The number of hydrogen-bond donors (Lipinski definition) is 2. The smallest absolute Gasteiger partial charge is 0.295 e. The first kappa shape index (κ1) is 24.1. The molecule has 0 saturated carbocycles. The normalized spacial score (nSPS) is 17.6. The predicted octanol–water partition coefficient (Wildman–Crippen LogP) is 3.65. The Morgan fingerprint density at radius 1 is 1.12 bits per heavy atom. The molecule has 0 aromatic heterocycles. The van der Waals surface area contributed by atoms with E-state index in [1.54, 1.807) is 43.3 Å². The van der Waals surface area contributed by atoms with E-state index in [9.17, 15) is 19.8 Å². The molecule has 2 aromatic carbocycles. The molecule has 2 aromatic rings. The molecule has 3 rings (SSSR count). The quantitative estimate of drug-likeness (QED) is 0.338. The number of benzene rings is 2. The van der Waals surface area contributed by atoms with Crippen molar-refractivity contribution in [2.45, 2.75) is 32.9 Å². The van der Waals surface area contributed by atoms with E-state index >= 15 is 0 Å². The molecule has 1 amide bonds. The SMILES string of the molecule is CCOc1cc([C@@H]2C(=C(O)c3ccc(OC(C)C)cc3)C(=O)C(=O)N2CCOC)ccc1O. The number of ether oxygens (including phenoxy) is 3. The van der Waals surface area contributed by atoms with Crippen LogP contribution in [0.1, 0.15) is 37.9 Å². The first-order chi connectivity index (χ1) is 15.8. The number of aromatic hydroxyl groups is 1. The molecule has 8 nitrogen and oxygen atoms in total. The van der Waals surface area contributed by atoms with Gasteiger partial charge in [0.05, 0.1) is 30.9 Å². The lowest BCUT2D eigenvalue weighted by atomic mass is 9.95. The van der Waals surface area contributed by atoms with Crippen LogP contribution < -0.4 is 9.47 Å². The van der Waals surface area contributed by atoms with Gasteiger partial charge in [-0.05, 0) is 62.7 Å². The van der Waals surface area contributed by atoms with Gasteiger partial charge in [0.1, 0.15) is 11.5 Å². The summed E-state index contributed by atoms with van der Waals surface area (Å²) in [7, 11) is 1.50. The number of phenolic OH excluding ortho intramolecular Hbond substituents is 1. The Kier molecular flexibility index (Phi) is 7.60. The van der Waals surface area contributed by atoms with E-state index in [1.165, 1.54) is 18.1 Å². The largest absolute Gasteiger partial charge is 0.507 e. The summed E-state index contributed by atoms with van der Waals surface area (Å²) in [5.74, 6) is -1.02. The zero-order valence-electron chi connectivity index (χ0n) is 19.2. The lowest BCUT2D eigenvalue weighted by Gasteiger charge is -2.25. The van der Waals surface area contributed by atoms with Gasteiger partial charge in [0.15, 0.2) is 11.5 Å². The lowest BCUT2D eigenvalue weighted by molar-refractivity contribution is -0.140. The van der Waals surface area contributed by atoms with Crippen LogP contribution >= 0.6 is 0 Å². The first-order valence-electron chi connectivity index (χ1n) is 10.8. The van der Waals surface area contributed by atoms with Gasteiger partial charge in [-0.25, -0.2) is 0 Å². The topological polar surface area (TPSA) is 106 Å². The van der Waals surface area contributed by atoms with Crippen molar-refractivity contribution in [3.8, 4) is 17.2 Å². The zero-order chi connectivity index (χ0) is 24.1. The third kappa shape index (κ3) is 5.12. The predicted molar refractivity (Wildman–Crippen MR) is 122 cm³/mol. The second-order valence-electron chi connectivity index (χ2n) is 7.84. The number of aliphatic hydroxyl groups is 1. The molecular weight excluding hydrogens is 426 g/mol. The highest BCUT2D eigenvalue weighted by molar-refractivity contribution is 6.46. The summed E-state index contributed by atoms with van der Waals surface area (Å²) in [6.07, 6.45) is -0.00964. The maximum atomic E-state index is 13.0. The second-order valence-corrected chi connectivity index (χ2v) is 7.84. The van der Waals surface area contributed by atoms with E-state index in [4.69, 9.17) is 14.2 Å². The summed E-state index contributed by atoms with van der Waals surface area (Å²) in [5.41, 5.74) is 0.860. The molecule has 2 N–H and O–H groups in total. The molecule has 1 saturated heterocycles. The van der Waals surface area contributed by atoms with E-state index in [0.29, 0.717) is 23.5 Å². The van der Waals surface area contributed by atoms with Gasteiger partial charge >= 0.3 is 0 Å². The Labute approximate surface area is 193 Å². The minimum atomic E-state index is -0.869. The van der Waals surface area contributed by atoms with Crippen LogP contribution in [0.4, 0.5) is 0 Å². The van der Waals surface area contributed by atoms with Crippen molar-refractivity contribution in [2.24, 2.45) is 0 Å². The minimum absolute atomic E-state index is 0.00964. The fraction of sp³-hybridized carbons (Fsp3) is 0.360. The molecule has 0 aliphatic carbocycles. The number of phenols is 1. The molecule has 0 radical (unpaired) electrons. The molecule has 1 fully saturated rings. The average Bonchev–Trinajstić information content (AvgIpc) is 3.03. The summed E-state index contributed by atoms with van der Waals surface area (Å²) < 4.78 is 16.2. The molecule has 0 unspecified atom stereocenters. The molecule has 176 valence electrons. The third-order valence-electron chi connectivity index (χ3n) is 5.18. The van der Waals surface area contributed by atoms with E-state index < -0.39 is 17.7 Å². The molecule has 1 heterocycles. The Bertz CT molecular complexity index is 1040. The van der Waals surface area contributed by atoms with Gasteiger partial charge in [-0.15, -0.1) is 0 Å². The van der Waals surface area contributed by atoms with Crippen LogP contribution in [0.3, 0.4) is 0 Å².